The van der Waals surface area contributed by atoms with Crippen LogP contribution < -0.4 is 11.1 Å². The molecule has 3 N–H and O–H groups in total. The Bertz CT molecular complexity index is 728. The molecule has 5 nitrogen and oxygen atoms in total. The molecule has 1 amide bonds. The first-order valence-corrected chi connectivity index (χ1v) is 7.12. The average Bonchev–Trinajstić information content (AvgIpc) is 2.95. The van der Waals surface area contributed by atoms with Crippen molar-refractivity contribution in [1.29, 1.82) is 0 Å². The van der Waals surface area contributed by atoms with Gasteiger partial charge in [0.05, 0.1) is 0 Å². The summed E-state index contributed by atoms with van der Waals surface area (Å²) in [7, 11) is 0. The van der Waals surface area contributed by atoms with Crippen LogP contribution in [0.3, 0.4) is 0 Å². The third-order valence-electron chi connectivity index (χ3n) is 3.31. The molecule has 1 unspecified atom stereocenters. The normalized spacial score (nSPS) is 16.8. The number of nitrogens with one attached hydrogen (secondary N) is 1. The summed E-state index contributed by atoms with van der Waals surface area (Å²) in [6.45, 7) is 0.417. The average molecular weight is 316 g/mol. The maximum atomic E-state index is 12.2. The Balaban J connectivity index is 1.75. The standard InChI is InChI=1S/C16H14ClN3O2/c17-12-6-4-10(5-7-12)15(21)19-13-3-1-2-11(8-13)14-9-22-16(18)20-14/h1-8,14H,9H2,(H2,18,20)(H,19,21). The molecule has 3 rings (SSSR count). The summed E-state index contributed by atoms with van der Waals surface area (Å²) in [5.41, 5.74) is 7.69. The van der Waals surface area contributed by atoms with Crippen molar-refractivity contribution in [1.82, 2.24) is 0 Å². The zero-order valence-corrected chi connectivity index (χ0v) is 12.4. The van der Waals surface area contributed by atoms with E-state index < -0.39 is 0 Å². The smallest absolute Gasteiger partial charge is 0.282 e. The second-order valence-corrected chi connectivity index (χ2v) is 5.32. The minimum Gasteiger partial charge on any atom is -0.463 e. The van der Waals surface area contributed by atoms with E-state index in [-0.39, 0.29) is 18.0 Å². The Morgan fingerprint density at radius 3 is 2.73 bits per heavy atom. The molecular formula is C16H14ClN3O2. The number of amides is 1. The van der Waals surface area contributed by atoms with Crippen LogP contribution in [-0.2, 0) is 4.74 Å². The van der Waals surface area contributed by atoms with Crippen LogP contribution in [0.1, 0.15) is 22.0 Å². The topological polar surface area (TPSA) is 76.7 Å². The van der Waals surface area contributed by atoms with Crippen LogP contribution in [0.4, 0.5) is 5.69 Å². The molecule has 0 spiro atoms. The van der Waals surface area contributed by atoms with Gasteiger partial charge in [0.2, 0.25) is 0 Å². The molecule has 6 heteroatoms. The number of carbonyl (C=O) groups is 1. The monoisotopic (exact) mass is 315 g/mol. The molecule has 0 aliphatic carbocycles. The molecule has 1 heterocycles. The number of nitrogens with two attached hydrogens (primary N) is 1. The Morgan fingerprint density at radius 1 is 1.27 bits per heavy atom. The van der Waals surface area contributed by atoms with Gasteiger partial charge in [-0.2, -0.15) is 0 Å². The molecule has 2 aromatic carbocycles. The van der Waals surface area contributed by atoms with Crippen LogP contribution in [0.2, 0.25) is 5.02 Å². The molecule has 0 saturated carbocycles. The number of hydrogen-bond acceptors (Lipinski definition) is 4. The van der Waals surface area contributed by atoms with Crippen molar-refractivity contribution >= 4 is 29.2 Å². The van der Waals surface area contributed by atoms with Crippen LogP contribution in [0.25, 0.3) is 0 Å². The third-order valence-corrected chi connectivity index (χ3v) is 3.56. The molecule has 0 radical (unpaired) electrons. The van der Waals surface area contributed by atoms with Crippen molar-refractivity contribution in [2.45, 2.75) is 6.04 Å². The lowest BCUT2D eigenvalue weighted by Gasteiger charge is -2.09. The van der Waals surface area contributed by atoms with Crippen LogP contribution in [-0.4, -0.2) is 18.5 Å². The van der Waals surface area contributed by atoms with Gasteiger partial charge in [-0.25, -0.2) is 4.99 Å². The predicted molar refractivity (Wildman–Crippen MR) is 86.2 cm³/mol. The number of hydrogen-bond donors (Lipinski definition) is 2. The van der Waals surface area contributed by atoms with Gasteiger partial charge in [0, 0.05) is 16.3 Å². The Labute approximate surface area is 132 Å². The van der Waals surface area contributed by atoms with E-state index in [4.69, 9.17) is 22.1 Å². The van der Waals surface area contributed by atoms with Crippen molar-refractivity contribution in [3.05, 3.63) is 64.7 Å². The molecule has 0 aromatic heterocycles. The van der Waals surface area contributed by atoms with Crippen molar-refractivity contribution in [2.24, 2.45) is 10.7 Å². The zero-order chi connectivity index (χ0) is 15.5. The fourth-order valence-electron chi connectivity index (χ4n) is 2.19. The van der Waals surface area contributed by atoms with Crippen molar-refractivity contribution < 1.29 is 9.53 Å². The summed E-state index contributed by atoms with van der Waals surface area (Å²) in [5.74, 6) is -0.195. The highest BCUT2D eigenvalue weighted by atomic mass is 35.5. The van der Waals surface area contributed by atoms with Crippen molar-refractivity contribution in [3.63, 3.8) is 0 Å². The summed E-state index contributed by atoms with van der Waals surface area (Å²) in [6.07, 6.45) is 0. The van der Waals surface area contributed by atoms with Gasteiger partial charge in [-0.1, -0.05) is 23.7 Å². The number of ether oxygens (including phenoxy) is 1. The van der Waals surface area contributed by atoms with Gasteiger partial charge in [-0.05, 0) is 42.0 Å². The fourth-order valence-corrected chi connectivity index (χ4v) is 2.32. The summed E-state index contributed by atoms with van der Waals surface area (Å²) in [5, 5.41) is 3.44. The Kier molecular flexibility index (Phi) is 3.98. The van der Waals surface area contributed by atoms with Gasteiger partial charge in [0.15, 0.2) is 0 Å². The highest BCUT2D eigenvalue weighted by Gasteiger charge is 2.19. The second kappa shape index (κ2) is 6.07. The van der Waals surface area contributed by atoms with E-state index in [1.165, 1.54) is 0 Å². The maximum Gasteiger partial charge on any atom is 0.282 e. The van der Waals surface area contributed by atoms with Gasteiger partial charge >= 0.3 is 0 Å². The van der Waals surface area contributed by atoms with Crippen molar-refractivity contribution in [2.75, 3.05) is 11.9 Å². The fraction of sp³-hybridized carbons (Fsp3) is 0.125. The number of amidine groups is 1. The molecule has 1 aliphatic heterocycles. The van der Waals surface area contributed by atoms with Crippen LogP contribution in [0.15, 0.2) is 53.5 Å². The summed E-state index contributed by atoms with van der Waals surface area (Å²) in [6, 6.07) is 14.2. The van der Waals surface area contributed by atoms with E-state index in [9.17, 15) is 4.79 Å². The molecule has 0 fully saturated rings. The number of rotatable bonds is 3. The number of halogens is 1. The van der Waals surface area contributed by atoms with E-state index in [1.54, 1.807) is 24.3 Å². The van der Waals surface area contributed by atoms with E-state index in [1.807, 2.05) is 24.3 Å². The van der Waals surface area contributed by atoms with Crippen LogP contribution in [0.5, 0.6) is 0 Å². The maximum absolute atomic E-state index is 12.2. The van der Waals surface area contributed by atoms with Gasteiger partial charge in [-0.3, -0.25) is 4.79 Å². The van der Waals surface area contributed by atoms with Gasteiger partial charge in [0.25, 0.3) is 11.9 Å². The lowest BCUT2D eigenvalue weighted by molar-refractivity contribution is 0.102. The summed E-state index contributed by atoms with van der Waals surface area (Å²) >= 11 is 5.82. The number of aliphatic imine (C=N–C) groups is 1. The lowest BCUT2D eigenvalue weighted by atomic mass is 10.1. The van der Waals surface area contributed by atoms with E-state index in [0.717, 1.165) is 5.56 Å². The number of nitrogens with zero attached hydrogens (tertiary/aromatic N) is 1. The molecule has 22 heavy (non-hydrogen) atoms. The predicted octanol–water partition coefficient (Wildman–Crippen LogP) is 2.98. The zero-order valence-electron chi connectivity index (χ0n) is 11.6. The molecular weight excluding hydrogens is 302 g/mol. The third kappa shape index (κ3) is 3.20. The number of benzene rings is 2. The Hall–Kier alpha value is -2.53. The summed E-state index contributed by atoms with van der Waals surface area (Å²) < 4.78 is 5.15. The van der Waals surface area contributed by atoms with E-state index in [2.05, 4.69) is 10.3 Å². The van der Waals surface area contributed by atoms with Gasteiger partial charge < -0.3 is 15.8 Å². The summed E-state index contributed by atoms with van der Waals surface area (Å²) in [4.78, 5) is 16.4. The van der Waals surface area contributed by atoms with Crippen molar-refractivity contribution in [3.8, 4) is 0 Å². The van der Waals surface area contributed by atoms with Crippen LogP contribution >= 0.6 is 11.6 Å². The molecule has 112 valence electrons. The molecule has 2 aromatic rings. The minimum absolute atomic E-state index is 0.132. The first-order chi connectivity index (χ1) is 10.6. The molecule has 1 atom stereocenters. The second-order valence-electron chi connectivity index (χ2n) is 4.88. The highest BCUT2D eigenvalue weighted by molar-refractivity contribution is 6.30. The minimum atomic E-state index is -0.195. The largest absolute Gasteiger partial charge is 0.463 e. The SMILES string of the molecule is NC1=NC(c2cccc(NC(=O)c3ccc(Cl)cc3)c2)CO1. The number of carbonyl (C=O) groups excluding carboxylic acids is 1. The molecule has 0 bridgehead atoms. The lowest BCUT2D eigenvalue weighted by Crippen LogP contribution is -2.12. The Morgan fingerprint density at radius 2 is 2.05 bits per heavy atom. The van der Waals surface area contributed by atoms with E-state index >= 15 is 0 Å². The quantitative estimate of drug-likeness (QED) is 0.914. The van der Waals surface area contributed by atoms with E-state index in [0.29, 0.717) is 22.9 Å². The van der Waals surface area contributed by atoms with Crippen LogP contribution in [0, 0.1) is 0 Å². The number of anilines is 1. The van der Waals surface area contributed by atoms with Gasteiger partial charge in [0.1, 0.15) is 12.6 Å². The highest BCUT2D eigenvalue weighted by Crippen LogP contribution is 2.24. The van der Waals surface area contributed by atoms with Gasteiger partial charge in [-0.15, -0.1) is 0 Å². The first-order valence-electron chi connectivity index (χ1n) is 6.75. The first kappa shape index (κ1) is 14.4. The molecule has 0 saturated heterocycles. The molecule has 1 aliphatic rings.